The Hall–Kier alpha value is -2.16. The summed E-state index contributed by atoms with van der Waals surface area (Å²) in [7, 11) is -3.83. The van der Waals surface area contributed by atoms with E-state index in [1.807, 2.05) is 0 Å². The number of Topliss-reactive ketones (excluding diaryl/α,β-unsaturated/α-hetero) is 1. The molecule has 1 aromatic rings. The minimum atomic E-state index is -3.83. The standard InChI is InChI=1S/C12H11F2NO5S/c1-12(6-4-3-5-7(13)8(6)14)10(17)9(16)11(20-12)15-21(2,18)19/h3-5,15-16H,1-2H3. The van der Waals surface area contributed by atoms with Crippen LogP contribution in [0, 0.1) is 11.6 Å². The maximum atomic E-state index is 13.8. The Labute approximate surface area is 119 Å². The molecule has 6 nitrogen and oxygen atoms in total. The van der Waals surface area contributed by atoms with Gasteiger partial charge in [0.1, 0.15) is 0 Å². The summed E-state index contributed by atoms with van der Waals surface area (Å²) in [4.78, 5) is 12.0. The summed E-state index contributed by atoms with van der Waals surface area (Å²) in [5, 5.41) is 9.64. The molecule has 21 heavy (non-hydrogen) atoms. The molecule has 1 atom stereocenters. The summed E-state index contributed by atoms with van der Waals surface area (Å²) in [6.07, 6.45) is 0.777. The van der Waals surface area contributed by atoms with Crippen molar-refractivity contribution in [2.24, 2.45) is 0 Å². The first kappa shape index (κ1) is 15.2. The van der Waals surface area contributed by atoms with Crippen molar-refractivity contribution in [2.75, 3.05) is 6.26 Å². The average Bonchev–Trinajstić information content (AvgIpc) is 2.56. The molecule has 2 rings (SSSR count). The number of sulfonamides is 1. The van der Waals surface area contributed by atoms with Crippen LogP contribution < -0.4 is 4.72 Å². The number of aliphatic hydroxyl groups excluding tert-OH is 1. The van der Waals surface area contributed by atoms with E-state index < -0.39 is 50.2 Å². The molecule has 0 saturated heterocycles. The van der Waals surface area contributed by atoms with Gasteiger partial charge in [0.15, 0.2) is 11.6 Å². The van der Waals surface area contributed by atoms with Gasteiger partial charge >= 0.3 is 0 Å². The molecule has 9 heteroatoms. The van der Waals surface area contributed by atoms with E-state index in [4.69, 9.17) is 4.74 Å². The molecule has 114 valence electrons. The lowest BCUT2D eigenvalue weighted by molar-refractivity contribution is -0.132. The van der Waals surface area contributed by atoms with Crippen LogP contribution in [0.1, 0.15) is 12.5 Å². The number of nitrogens with one attached hydrogen (secondary N) is 1. The van der Waals surface area contributed by atoms with E-state index in [1.165, 1.54) is 0 Å². The molecule has 0 amide bonds. The molecule has 0 fully saturated rings. The lowest BCUT2D eigenvalue weighted by atomic mass is 9.91. The van der Waals surface area contributed by atoms with E-state index >= 15 is 0 Å². The monoisotopic (exact) mass is 319 g/mol. The maximum Gasteiger partial charge on any atom is 0.250 e. The van der Waals surface area contributed by atoms with Crippen molar-refractivity contribution in [1.82, 2.24) is 4.72 Å². The van der Waals surface area contributed by atoms with Crippen LogP contribution in [0.2, 0.25) is 0 Å². The fraction of sp³-hybridized carbons (Fsp3) is 0.250. The molecule has 0 aromatic heterocycles. The minimum absolute atomic E-state index is 0.454. The quantitative estimate of drug-likeness (QED) is 0.869. The number of carbonyl (C=O) groups is 1. The van der Waals surface area contributed by atoms with Crippen LogP contribution in [-0.2, 0) is 25.2 Å². The van der Waals surface area contributed by atoms with Crippen molar-refractivity contribution in [3.05, 3.63) is 47.0 Å². The van der Waals surface area contributed by atoms with Gasteiger partial charge in [-0.3, -0.25) is 9.52 Å². The molecule has 1 heterocycles. The third kappa shape index (κ3) is 2.56. The van der Waals surface area contributed by atoms with Crippen LogP contribution in [0.25, 0.3) is 0 Å². The number of halogens is 2. The van der Waals surface area contributed by atoms with Gasteiger partial charge < -0.3 is 9.84 Å². The van der Waals surface area contributed by atoms with Crippen molar-refractivity contribution < 1.29 is 31.8 Å². The zero-order valence-electron chi connectivity index (χ0n) is 11.0. The summed E-state index contributed by atoms with van der Waals surface area (Å²) >= 11 is 0. The first-order chi connectivity index (χ1) is 9.56. The van der Waals surface area contributed by atoms with Crippen molar-refractivity contribution in [1.29, 1.82) is 0 Å². The Balaban J connectivity index is 2.48. The molecule has 1 aliphatic heterocycles. The van der Waals surface area contributed by atoms with Gasteiger partial charge in [-0.05, 0) is 13.0 Å². The van der Waals surface area contributed by atoms with Gasteiger partial charge in [-0.1, -0.05) is 12.1 Å². The summed E-state index contributed by atoms with van der Waals surface area (Å²) < 4.78 is 56.2. The second-order valence-electron chi connectivity index (χ2n) is 4.62. The van der Waals surface area contributed by atoms with E-state index in [9.17, 15) is 27.1 Å². The molecule has 0 saturated carbocycles. The van der Waals surface area contributed by atoms with Crippen molar-refractivity contribution in [2.45, 2.75) is 12.5 Å². The van der Waals surface area contributed by atoms with Gasteiger partial charge in [-0.15, -0.1) is 0 Å². The second kappa shape index (κ2) is 4.69. The second-order valence-corrected chi connectivity index (χ2v) is 6.37. The van der Waals surface area contributed by atoms with Crippen LogP contribution in [-0.4, -0.2) is 25.6 Å². The molecule has 1 unspecified atom stereocenters. The average molecular weight is 319 g/mol. The Morgan fingerprint density at radius 2 is 1.95 bits per heavy atom. The number of ether oxygens (including phenoxy) is 1. The number of rotatable bonds is 3. The number of carbonyl (C=O) groups excluding carboxylic acids is 1. The summed E-state index contributed by atoms with van der Waals surface area (Å²) in [6, 6.07) is 3.12. The van der Waals surface area contributed by atoms with Gasteiger partial charge in [0, 0.05) is 5.56 Å². The number of aliphatic hydroxyl groups is 1. The van der Waals surface area contributed by atoms with Crippen LogP contribution in [0.15, 0.2) is 29.8 Å². The molecule has 1 aliphatic rings. The van der Waals surface area contributed by atoms with Gasteiger partial charge in [0.25, 0.3) is 5.78 Å². The smallest absolute Gasteiger partial charge is 0.250 e. The van der Waals surface area contributed by atoms with Crippen molar-refractivity contribution in [3.8, 4) is 0 Å². The van der Waals surface area contributed by atoms with E-state index in [1.54, 1.807) is 4.72 Å². The summed E-state index contributed by atoms with van der Waals surface area (Å²) in [5.74, 6) is -5.34. The number of hydrogen-bond donors (Lipinski definition) is 2. The predicted molar refractivity (Wildman–Crippen MR) is 67.4 cm³/mol. The van der Waals surface area contributed by atoms with E-state index in [0.29, 0.717) is 0 Å². The SMILES string of the molecule is CC1(c2cccc(F)c2F)OC(NS(C)(=O)=O)=C(O)C1=O. The minimum Gasteiger partial charge on any atom is -0.501 e. The van der Waals surface area contributed by atoms with Gasteiger partial charge in [-0.2, -0.15) is 0 Å². The highest BCUT2D eigenvalue weighted by atomic mass is 32.2. The molecule has 0 bridgehead atoms. The van der Waals surface area contributed by atoms with Crippen LogP contribution >= 0.6 is 0 Å². The molecular weight excluding hydrogens is 308 g/mol. The van der Waals surface area contributed by atoms with Crippen LogP contribution in [0.3, 0.4) is 0 Å². The van der Waals surface area contributed by atoms with E-state index in [-0.39, 0.29) is 0 Å². The lowest BCUT2D eigenvalue weighted by Crippen LogP contribution is -2.33. The van der Waals surface area contributed by atoms with E-state index in [0.717, 1.165) is 31.4 Å². The number of benzene rings is 1. The Morgan fingerprint density at radius 1 is 1.33 bits per heavy atom. The molecule has 0 aliphatic carbocycles. The third-order valence-corrected chi connectivity index (χ3v) is 3.47. The molecule has 0 radical (unpaired) electrons. The van der Waals surface area contributed by atoms with Crippen LogP contribution in [0.5, 0.6) is 0 Å². The van der Waals surface area contributed by atoms with E-state index in [2.05, 4.69) is 0 Å². The number of ketones is 1. The van der Waals surface area contributed by atoms with Crippen molar-refractivity contribution in [3.63, 3.8) is 0 Å². The first-order valence-electron chi connectivity index (χ1n) is 5.65. The first-order valence-corrected chi connectivity index (χ1v) is 7.55. The van der Waals surface area contributed by atoms with Crippen LogP contribution in [0.4, 0.5) is 8.78 Å². The highest BCUT2D eigenvalue weighted by Gasteiger charge is 2.50. The topological polar surface area (TPSA) is 92.7 Å². The Kier molecular flexibility index (Phi) is 3.40. The predicted octanol–water partition coefficient (Wildman–Crippen LogP) is 1.06. The highest BCUT2D eigenvalue weighted by molar-refractivity contribution is 7.88. The molecular formula is C12H11F2NO5S. The molecule has 0 spiro atoms. The van der Waals surface area contributed by atoms with Gasteiger partial charge in [-0.25, -0.2) is 17.2 Å². The zero-order chi connectivity index (χ0) is 16.0. The summed E-state index contributed by atoms with van der Waals surface area (Å²) in [6.45, 7) is 1.10. The normalized spacial score (nSPS) is 22.4. The summed E-state index contributed by atoms with van der Waals surface area (Å²) in [5.41, 5.74) is -2.52. The zero-order valence-corrected chi connectivity index (χ0v) is 11.8. The molecule has 1 aromatic carbocycles. The van der Waals surface area contributed by atoms with Gasteiger partial charge in [0.05, 0.1) is 6.26 Å². The van der Waals surface area contributed by atoms with Crippen molar-refractivity contribution >= 4 is 15.8 Å². The Morgan fingerprint density at radius 3 is 2.52 bits per heavy atom. The molecule has 2 N–H and O–H groups in total. The third-order valence-electron chi connectivity index (χ3n) is 2.91. The lowest BCUT2D eigenvalue weighted by Gasteiger charge is -2.24. The Bertz CT molecular complexity index is 759. The fourth-order valence-corrected chi connectivity index (χ4v) is 2.39. The van der Waals surface area contributed by atoms with Gasteiger partial charge in [0.2, 0.25) is 27.3 Å². The number of hydrogen-bond acceptors (Lipinski definition) is 5. The fourth-order valence-electron chi connectivity index (χ4n) is 1.91. The largest absolute Gasteiger partial charge is 0.501 e. The highest BCUT2D eigenvalue weighted by Crippen LogP contribution is 2.38. The maximum absolute atomic E-state index is 13.8.